The normalized spacial score (nSPS) is 13.2. The van der Waals surface area contributed by atoms with E-state index in [-0.39, 0.29) is 6.03 Å². The van der Waals surface area contributed by atoms with Crippen molar-refractivity contribution in [1.82, 2.24) is 25.4 Å². The number of thiophene rings is 1. The van der Waals surface area contributed by atoms with Crippen LogP contribution in [-0.2, 0) is 25.9 Å². The van der Waals surface area contributed by atoms with Crippen molar-refractivity contribution >= 4 is 17.4 Å². The van der Waals surface area contributed by atoms with Crippen LogP contribution in [0.3, 0.4) is 0 Å². The molecule has 3 aromatic rings. The Hall–Kier alpha value is -2.67. The molecule has 0 unspecified atom stereocenters. The molecule has 0 aromatic carbocycles. The lowest BCUT2D eigenvalue weighted by molar-refractivity contribution is 0.240. The predicted octanol–water partition coefficient (Wildman–Crippen LogP) is 3.38. The highest BCUT2D eigenvalue weighted by Gasteiger charge is 2.22. The molecular weight excluding hydrogens is 358 g/mol. The van der Waals surface area contributed by atoms with E-state index in [4.69, 9.17) is 5.10 Å². The Bertz CT molecular complexity index is 889. The van der Waals surface area contributed by atoms with Gasteiger partial charge >= 0.3 is 6.03 Å². The average molecular weight is 382 g/mol. The maximum Gasteiger partial charge on any atom is 0.315 e. The molecular formula is C20H23N5OS. The van der Waals surface area contributed by atoms with E-state index in [1.54, 1.807) is 11.3 Å². The fourth-order valence-corrected chi connectivity index (χ4v) is 4.13. The first-order chi connectivity index (χ1) is 13.3. The van der Waals surface area contributed by atoms with Crippen LogP contribution in [0.25, 0.3) is 11.4 Å². The molecule has 6 nitrogen and oxygen atoms in total. The van der Waals surface area contributed by atoms with Crippen LogP contribution in [0, 0.1) is 0 Å². The maximum absolute atomic E-state index is 12.0. The third-order valence-corrected chi connectivity index (χ3v) is 5.65. The molecule has 27 heavy (non-hydrogen) atoms. The smallest absolute Gasteiger partial charge is 0.315 e. The van der Waals surface area contributed by atoms with E-state index in [2.05, 4.69) is 20.3 Å². The number of fused-ring (bicyclic) bond motifs is 1. The maximum atomic E-state index is 12.0. The van der Waals surface area contributed by atoms with Crippen LogP contribution in [0.2, 0.25) is 0 Å². The van der Waals surface area contributed by atoms with Crippen LogP contribution in [0.15, 0.2) is 41.9 Å². The number of carbonyl (C=O) groups excluding carboxylic acids is 1. The van der Waals surface area contributed by atoms with Crippen molar-refractivity contribution in [3.8, 4) is 11.4 Å². The van der Waals surface area contributed by atoms with Gasteiger partial charge < -0.3 is 10.6 Å². The SMILES string of the molecule is O=C(NCCn1nc(-c2ccccn2)c2c1CCCC2)NCc1cccs1. The molecule has 7 heteroatoms. The van der Waals surface area contributed by atoms with Gasteiger partial charge in [-0.05, 0) is 49.3 Å². The summed E-state index contributed by atoms with van der Waals surface area (Å²) in [6, 6.07) is 9.79. The summed E-state index contributed by atoms with van der Waals surface area (Å²) in [7, 11) is 0. The van der Waals surface area contributed by atoms with E-state index in [0.717, 1.165) is 29.1 Å². The molecule has 3 aromatic heterocycles. The van der Waals surface area contributed by atoms with Crippen molar-refractivity contribution in [2.24, 2.45) is 0 Å². The van der Waals surface area contributed by atoms with Gasteiger partial charge in [0.1, 0.15) is 5.69 Å². The average Bonchev–Trinajstić information content (AvgIpc) is 3.35. The molecule has 1 aliphatic carbocycles. The zero-order chi connectivity index (χ0) is 18.5. The number of pyridine rings is 1. The quantitative estimate of drug-likeness (QED) is 0.687. The van der Waals surface area contributed by atoms with Crippen LogP contribution < -0.4 is 10.6 Å². The zero-order valence-corrected chi connectivity index (χ0v) is 16.0. The minimum Gasteiger partial charge on any atom is -0.336 e. The monoisotopic (exact) mass is 381 g/mol. The summed E-state index contributed by atoms with van der Waals surface area (Å²) in [5.74, 6) is 0. The number of rotatable bonds is 6. The Labute approximate surface area is 162 Å². The Kier molecular flexibility index (Phi) is 5.48. The number of hydrogen-bond donors (Lipinski definition) is 2. The number of carbonyl (C=O) groups is 1. The molecule has 0 atom stereocenters. The first-order valence-corrected chi connectivity index (χ1v) is 10.2. The van der Waals surface area contributed by atoms with E-state index in [1.165, 1.54) is 24.1 Å². The van der Waals surface area contributed by atoms with Gasteiger partial charge in [0, 0.05) is 28.9 Å². The zero-order valence-electron chi connectivity index (χ0n) is 15.1. The fourth-order valence-electron chi connectivity index (χ4n) is 3.48. The van der Waals surface area contributed by atoms with E-state index in [0.29, 0.717) is 19.6 Å². The summed E-state index contributed by atoms with van der Waals surface area (Å²) in [6.45, 7) is 1.78. The van der Waals surface area contributed by atoms with Gasteiger partial charge in [0.25, 0.3) is 0 Å². The highest BCUT2D eigenvalue weighted by Crippen LogP contribution is 2.30. The van der Waals surface area contributed by atoms with Gasteiger partial charge in [-0.1, -0.05) is 12.1 Å². The summed E-state index contributed by atoms with van der Waals surface area (Å²) in [5.41, 5.74) is 4.54. The Morgan fingerprint density at radius 3 is 2.89 bits per heavy atom. The van der Waals surface area contributed by atoms with E-state index in [9.17, 15) is 4.79 Å². The number of urea groups is 1. The highest BCUT2D eigenvalue weighted by atomic mass is 32.1. The molecule has 2 N–H and O–H groups in total. The first kappa shape index (κ1) is 17.7. The van der Waals surface area contributed by atoms with Crippen LogP contribution in [0.4, 0.5) is 4.79 Å². The molecule has 0 spiro atoms. The standard InChI is InChI=1S/C20H23N5OS/c26-20(23-14-15-6-5-13-27-15)22-11-12-25-18-9-2-1-7-16(18)19(24-25)17-8-3-4-10-21-17/h3-6,8,10,13H,1-2,7,9,11-12,14H2,(H2,22,23,26). The van der Waals surface area contributed by atoms with Gasteiger partial charge in [-0.2, -0.15) is 5.10 Å². The van der Waals surface area contributed by atoms with Crippen LogP contribution in [0.1, 0.15) is 29.0 Å². The van der Waals surface area contributed by atoms with Crippen molar-refractivity contribution in [1.29, 1.82) is 0 Å². The minimum absolute atomic E-state index is 0.144. The second kappa shape index (κ2) is 8.35. The second-order valence-electron chi connectivity index (χ2n) is 6.61. The minimum atomic E-state index is -0.144. The number of aromatic nitrogens is 3. The van der Waals surface area contributed by atoms with E-state index >= 15 is 0 Å². The second-order valence-corrected chi connectivity index (χ2v) is 7.64. The van der Waals surface area contributed by atoms with Gasteiger partial charge in [-0.25, -0.2) is 4.79 Å². The van der Waals surface area contributed by atoms with Crippen LogP contribution in [-0.4, -0.2) is 27.3 Å². The third-order valence-electron chi connectivity index (χ3n) is 4.78. The van der Waals surface area contributed by atoms with Gasteiger partial charge in [0.15, 0.2) is 0 Å². The van der Waals surface area contributed by atoms with Crippen LogP contribution >= 0.6 is 11.3 Å². The molecule has 0 radical (unpaired) electrons. The molecule has 0 aliphatic heterocycles. The summed E-state index contributed by atoms with van der Waals surface area (Å²) >= 11 is 1.64. The number of nitrogens with one attached hydrogen (secondary N) is 2. The van der Waals surface area contributed by atoms with Crippen molar-refractivity contribution in [3.05, 3.63) is 58.0 Å². The molecule has 1 aliphatic rings. The molecule has 4 rings (SSSR count). The molecule has 0 saturated heterocycles. The van der Waals surface area contributed by atoms with E-state index < -0.39 is 0 Å². The highest BCUT2D eigenvalue weighted by molar-refractivity contribution is 7.09. The molecule has 0 saturated carbocycles. The predicted molar refractivity (Wildman–Crippen MR) is 107 cm³/mol. The molecule has 0 bridgehead atoms. The fraction of sp³-hybridized carbons (Fsp3) is 0.350. The largest absolute Gasteiger partial charge is 0.336 e. The summed E-state index contributed by atoms with van der Waals surface area (Å²) in [5, 5.41) is 12.7. The lowest BCUT2D eigenvalue weighted by atomic mass is 9.95. The van der Waals surface area contributed by atoms with Crippen LogP contribution in [0.5, 0.6) is 0 Å². The van der Waals surface area contributed by atoms with Gasteiger partial charge in [-0.3, -0.25) is 9.67 Å². The topological polar surface area (TPSA) is 71.8 Å². The molecule has 140 valence electrons. The van der Waals surface area contributed by atoms with Gasteiger partial charge in [0.2, 0.25) is 0 Å². The van der Waals surface area contributed by atoms with Crippen molar-refractivity contribution < 1.29 is 4.79 Å². The Morgan fingerprint density at radius 2 is 2.07 bits per heavy atom. The lowest BCUT2D eigenvalue weighted by Gasteiger charge is -2.14. The molecule has 0 fully saturated rings. The number of hydrogen-bond acceptors (Lipinski definition) is 4. The molecule has 3 heterocycles. The van der Waals surface area contributed by atoms with Gasteiger partial charge in [0.05, 0.1) is 18.8 Å². The Balaban J connectivity index is 1.39. The van der Waals surface area contributed by atoms with Crippen molar-refractivity contribution in [3.63, 3.8) is 0 Å². The number of nitrogens with zero attached hydrogens (tertiary/aromatic N) is 3. The summed E-state index contributed by atoms with van der Waals surface area (Å²) in [6.07, 6.45) is 6.29. The Morgan fingerprint density at radius 1 is 1.15 bits per heavy atom. The lowest BCUT2D eigenvalue weighted by Crippen LogP contribution is -2.37. The summed E-state index contributed by atoms with van der Waals surface area (Å²) < 4.78 is 2.05. The molecule has 2 amide bonds. The van der Waals surface area contributed by atoms with Crippen molar-refractivity contribution in [2.45, 2.75) is 38.8 Å². The van der Waals surface area contributed by atoms with Crippen molar-refractivity contribution in [2.75, 3.05) is 6.54 Å². The first-order valence-electron chi connectivity index (χ1n) is 9.35. The summed E-state index contributed by atoms with van der Waals surface area (Å²) in [4.78, 5) is 17.6. The third kappa shape index (κ3) is 4.19. The van der Waals surface area contributed by atoms with Gasteiger partial charge in [-0.15, -0.1) is 11.3 Å². The van der Waals surface area contributed by atoms with E-state index in [1.807, 2.05) is 41.9 Å². The number of amides is 2.